The van der Waals surface area contributed by atoms with E-state index in [2.05, 4.69) is 10.2 Å². The van der Waals surface area contributed by atoms with Crippen LogP contribution in [0.25, 0.3) is 0 Å². The first-order valence-electron chi connectivity index (χ1n) is 6.52. The number of para-hydroxylation sites is 1. The van der Waals surface area contributed by atoms with Gasteiger partial charge in [-0.25, -0.2) is 0 Å². The van der Waals surface area contributed by atoms with Crippen LogP contribution in [0.1, 0.15) is 6.92 Å². The standard InChI is InChI=1S/C14H20N2O3/c1-12(17)19-14-9-16(10-14)11-15-7-8-18-13-5-3-2-4-6-13/h2-6,14-15H,7-11H2,1H3. The predicted octanol–water partition coefficient (Wildman–Crippen LogP) is 0.860. The molecule has 0 radical (unpaired) electrons. The summed E-state index contributed by atoms with van der Waals surface area (Å²) in [6.45, 7) is 5.31. The minimum absolute atomic E-state index is 0.0693. The summed E-state index contributed by atoms with van der Waals surface area (Å²) in [5.41, 5.74) is 0. The maximum absolute atomic E-state index is 10.7. The minimum Gasteiger partial charge on any atom is -0.492 e. The molecule has 5 heteroatoms. The molecular formula is C14H20N2O3. The van der Waals surface area contributed by atoms with Crippen LogP contribution in [0.2, 0.25) is 0 Å². The number of carbonyl (C=O) groups excluding carboxylic acids is 1. The number of nitrogens with one attached hydrogen (secondary N) is 1. The van der Waals surface area contributed by atoms with Crippen LogP contribution in [-0.4, -0.2) is 49.9 Å². The summed E-state index contributed by atoms with van der Waals surface area (Å²) in [4.78, 5) is 12.9. The van der Waals surface area contributed by atoms with Crippen LogP contribution >= 0.6 is 0 Å². The molecule has 0 spiro atoms. The second-order valence-corrected chi connectivity index (χ2v) is 4.59. The number of benzene rings is 1. The van der Waals surface area contributed by atoms with Crippen molar-refractivity contribution in [3.05, 3.63) is 30.3 Å². The van der Waals surface area contributed by atoms with Crippen molar-refractivity contribution in [2.45, 2.75) is 13.0 Å². The van der Waals surface area contributed by atoms with Crippen molar-refractivity contribution in [3.63, 3.8) is 0 Å². The fraction of sp³-hybridized carbons (Fsp3) is 0.500. The molecule has 0 unspecified atom stereocenters. The second kappa shape index (κ2) is 7.11. The molecular weight excluding hydrogens is 244 g/mol. The zero-order valence-electron chi connectivity index (χ0n) is 11.2. The molecule has 1 saturated heterocycles. The molecule has 19 heavy (non-hydrogen) atoms. The molecule has 1 aromatic rings. The van der Waals surface area contributed by atoms with E-state index in [4.69, 9.17) is 9.47 Å². The highest BCUT2D eigenvalue weighted by molar-refractivity contribution is 5.66. The molecule has 0 bridgehead atoms. The number of nitrogens with zero attached hydrogens (tertiary/aromatic N) is 1. The predicted molar refractivity (Wildman–Crippen MR) is 71.9 cm³/mol. The van der Waals surface area contributed by atoms with Crippen molar-refractivity contribution < 1.29 is 14.3 Å². The van der Waals surface area contributed by atoms with Gasteiger partial charge >= 0.3 is 5.97 Å². The number of carbonyl (C=O) groups is 1. The molecule has 0 saturated carbocycles. The van der Waals surface area contributed by atoms with Crippen LogP contribution in [0.15, 0.2) is 30.3 Å². The van der Waals surface area contributed by atoms with Crippen LogP contribution in [0, 0.1) is 0 Å². The highest BCUT2D eigenvalue weighted by Gasteiger charge is 2.28. The first-order valence-corrected chi connectivity index (χ1v) is 6.52. The maximum atomic E-state index is 10.7. The molecule has 0 aliphatic carbocycles. The molecule has 0 atom stereocenters. The third kappa shape index (κ3) is 4.89. The Kier molecular flexibility index (Phi) is 5.18. The van der Waals surface area contributed by atoms with Crippen LogP contribution in [-0.2, 0) is 9.53 Å². The lowest BCUT2D eigenvalue weighted by Crippen LogP contribution is -2.55. The van der Waals surface area contributed by atoms with E-state index < -0.39 is 0 Å². The van der Waals surface area contributed by atoms with E-state index >= 15 is 0 Å². The van der Waals surface area contributed by atoms with Gasteiger partial charge in [-0.05, 0) is 12.1 Å². The molecule has 104 valence electrons. The van der Waals surface area contributed by atoms with Gasteiger partial charge in [0.15, 0.2) is 0 Å². The van der Waals surface area contributed by atoms with Gasteiger partial charge in [0.05, 0.1) is 0 Å². The van der Waals surface area contributed by atoms with Crippen LogP contribution in [0.5, 0.6) is 5.75 Å². The van der Waals surface area contributed by atoms with Gasteiger partial charge in [-0.2, -0.15) is 0 Å². The zero-order valence-corrected chi connectivity index (χ0v) is 11.2. The number of ether oxygens (including phenoxy) is 2. The third-order valence-electron chi connectivity index (χ3n) is 2.88. The van der Waals surface area contributed by atoms with Gasteiger partial charge < -0.3 is 14.8 Å². The molecule has 2 rings (SSSR count). The molecule has 1 aliphatic heterocycles. The fourth-order valence-electron chi connectivity index (χ4n) is 1.96. The molecule has 0 amide bonds. The Hall–Kier alpha value is -1.59. The molecule has 1 aromatic carbocycles. The summed E-state index contributed by atoms with van der Waals surface area (Å²) in [6, 6.07) is 9.77. The van der Waals surface area contributed by atoms with Gasteiger partial charge in [-0.1, -0.05) is 18.2 Å². The summed E-state index contributed by atoms with van der Waals surface area (Å²) in [5.74, 6) is 0.692. The number of likely N-dealkylation sites (tertiary alicyclic amines) is 1. The Bertz CT molecular complexity index is 391. The SMILES string of the molecule is CC(=O)OC1CN(CNCCOc2ccccc2)C1. The van der Waals surface area contributed by atoms with Crippen molar-refractivity contribution in [3.8, 4) is 5.75 Å². The summed E-state index contributed by atoms with van der Waals surface area (Å²) in [6.07, 6.45) is 0.0693. The highest BCUT2D eigenvalue weighted by Crippen LogP contribution is 2.10. The van der Waals surface area contributed by atoms with Crippen LogP contribution in [0.4, 0.5) is 0 Å². The number of esters is 1. The molecule has 1 heterocycles. The molecule has 5 nitrogen and oxygen atoms in total. The minimum atomic E-state index is -0.200. The van der Waals surface area contributed by atoms with Crippen LogP contribution in [0.3, 0.4) is 0 Å². The average molecular weight is 264 g/mol. The maximum Gasteiger partial charge on any atom is 0.302 e. The van der Waals surface area contributed by atoms with Gasteiger partial charge in [-0.3, -0.25) is 9.69 Å². The number of hydrogen-bond acceptors (Lipinski definition) is 5. The van der Waals surface area contributed by atoms with E-state index in [1.807, 2.05) is 30.3 Å². The Labute approximate surface area is 113 Å². The first kappa shape index (κ1) is 13.8. The molecule has 0 aromatic heterocycles. The summed E-state index contributed by atoms with van der Waals surface area (Å²) < 4.78 is 10.6. The zero-order chi connectivity index (χ0) is 13.5. The Morgan fingerprint density at radius 2 is 2.11 bits per heavy atom. The number of hydrogen-bond donors (Lipinski definition) is 1. The van der Waals surface area contributed by atoms with Gasteiger partial charge in [0.2, 0.25) is 0 Å². The number of rotatable bonds is 7. The Morgan fingerprint density at radius 3 is 2.79 bits per heavy atom. The lowest BCUT2D eigenvalue weighted by Gasteiger charge is -2.38. The monoisotopic (exact) mass is 264 g/mol. The van der Waals surface area contributed by atoms with Crippen molar-refractivity contribution in [2.24, 2.45) is 0 Å². The summed E-state index contributed by atoms with van der Waals surface area (Å²) in [7, 11) is 0. The molecule has 1 fully saturated rings. The van der Waals surface area contributed by atoms with E-state index in [1.54, 1.807) is 0 Å². The Morgan fingerprint density at radius 1 is 1.37 bits per heavy atom. The van der Waals surface area contributed by atoms with Crippen molar-refractivity contribution >= 4 is 5.97 Å². The lowest BCUT2D eigenvalue weighted by atomic mass is 10.2. The van der Waals surface area contributed by atoms with Crippen molar-refractivity contribution in [2.75, 3.05) is 32.9 Å². The van der Waals surface area contributed by atoms with E-state index in [-0.39, 0.29) is 12.1 Å². The van der Waals surface area contributed by atoms with E-state index in [0.29, 0.717) is 6.61 Å². The third-order valence-corrected chi connectivity index (χ3v) is 2.88. The van der Waals surface area contributed by atoms with Crippen molar-refractivity contribution in [1.82, 2.24) is 10.2 Å². The molecule has 1 N–H and O–H groups in total. The van der Waals surface area contributed by atoms with Gasteiger partial charge in [0.25, 0.3) is 0 Å². The second-order valence-electron chi connectivity index (χ2n) is 4.59. The normalized spacial score (nSPS) is 15.8. The van der Waals surface area contributed by atoms with Crippen molar-refractivity contribution in [1.29, 1.82) is 0 Å². The molecule has 1 aliphatic rings. The topological polar surface area (TPSA) is 50.8 Å². The average Bonchev–Trinajstić information content (AvgIpc) is 2.35. The van der Waals surface area contributed by atoms with Gasteiger partial charge in [0.1, 0.15) is 18.5 Å². The van der Waals surface area contributed by atoms with E-state index in [0.717, 1.165) is 32.1 Å². The highest BCUT2D eigenvalue weighted by atomic mass is 16.5. The van der Waals surface area contributed by atoms with Gasteiger partial charge in [-0.15, -0.1) is 0 Å². The quantitative estimate of drug-likeness (QED) is 0.585. The smallest absolute Gasteiger partial charge is 0.302 e. The largest absolute Gasteiger partial charge is 0.492 e. The van der Waals surface area contributed by atoms with E-state index in [9.17, 15) is 4.79 Å². The summed E-state index contributed by atoms with van der Waals surface area (Å²) >= 11 is 0. The Balaban J connectivity index is 1.47. The first-order chi connectivity index (χ1) is 9.24. The summed E-state index contributed by atoms with van der Waals surface area (Å²) in [5, 5.41) is 3.29. The fourth-order valence-corrected chi connectivity index (χ4v) is 1.96. The van der Waals surface area contributed by atoms with E-state index in [1.165, 1.54) is 6.92 Å². The lowest BCUT2D eigenvalue weighted by molar-refractivity contribution is -0.154. The van der Waals surface area contributed by atoms with Gasteiger partial charge in [0, 0.05) is 33.2 Å². The van der Waals surface area contributed by atoms with Crippen LogP contribution < -0.4 is 10.1 Å².